The number of hydrogen-bond donors (Lipinski definition) is 3. The summed E-state index contributed by atoms with van der Waals surface area (Å²) in [7, 11) is 0. The molecule has 0 radical (unpaired) electrons. The summed E-state index contributed by atoms with van der Waals surface area (Å²) in [6, 6.07) is 5.41. The van der Waals surface area contributed by atoms with E-state index in [1.54, 1.807) is 12.1 Å². The maximum atomic E-state index is 11.8. The van der Waals surface area contributed by atoms with Gasteiger partial charge >= 0.3 is 6.03 Å². The number of anilines is 1. The lowest BCUT2D eigenvalue weighted by Gasteiger charge is -2.22. The lowest BCUT2D eigenvalue weighted by molar-refractivity contribution is 0.233. The molecule has 0 aromatic heterocycles. The summed E-state index contributed by atoms with van der Waals surface area (Å²) in [5.74, 6) is 0.151. The Kier molecular flexibility index (Phi) is 6.90. The normalized spacial score (nSPS) is 15.4. The van der Waals surface area contributed by atoms with Crippen LogP contribution < -0.4 is 15.6 Å². The van der Waals surface area contributed by atoms with Gasteiger partial charge in [-0.05, 0) is 38.8 Å². The predicted molar refractivity (Wildman–Crippen MR) is 97.8 cm³/mol. The van der Waals surface area contributed by atoms with E-state index in [-0.39, 0.29) is 17.8 Å². The third-order valence-electron chi connectivity index (χ3n) is 4.45. The van der Waals surface area contributed by atoms with E-state index in [9.17, 15) is 9.90 Å². The molecule has 6 heteroatoms. The summed E-state index contributed by atoms with van der Waals surface area (Å²) in [5.41, 5.74) is 4.01. The number of carbonyl (C=O) groups excluding carboxylic acids is 1. The van der Waals surface area contributed by atoms with Crippen molar-refractivity contribution in [3.63, 3.8) is 0 Å². The van der Waals surface area contributed by atoms with Crippen LogP contribution in [0.5, 0.6) is 5.75 Å². The standard InChI is InChI=1S/C18H28N4O2/c1-3-22(4-2)16-11-10-14(17(23)12-16)13-19-21-18(24)20-15-8-6-5-7-9-15/h10-13,15,23H,3-9H2,1-2H3,(H2,20,21,24)/b19-13+. The molecular formula is C18H28N4O2. The second-order valence-electron chi connectivity index (χ2n) is 6.09. The molecule has 0 heterocycles. The fourth-order valence-electron chi connectivity index (χ4n) is 3.05. The molecule has 3 N–H and O–H groups in total. The van der Waals surface area contributed by atoms with Gasteiger partial charge in [0.05, 0.1) is 6.21 Å². The van der Waals surface area contributed by atoms with E-state index in [0.717, 1.165) is 31.6 Å². The number of carbonyl (C=O) groups is 1. The number of aromatic hydroxyl groups is 1. The first-order valence-electron chi connectivity index (χ1n) is 8.81. The van der Waals surface area contributed by atoms with Crippen molar-refractivity contribution in [2.45, 2.75) is 52.0 Å². The Morgan fingerprint density at radius 2 is 2.00 bits per heavy atom. The maximum absolute atomic E-state index is 11.8. The highest BCUT2D eigenvalue weighted by Crippen LogP contribution is 2.23. The largest absolute Gasteiger partial charge is 0.507 e. The third-order valence-corrected chi connectivity index (χ3v) is 4.45. The van der Waals surface area contributed by atoms with E-state index in [1.807, 2.05) is 6.07 Å². The molecule has 0 atom stereocenters. The summed E-state index contributed by atoms with van der Waals surface area (Å²) >= 11 is 0. The highest BCUT2D eigenvalue weighted by molar-refractivity contribution is 5.85. The summed E-state index contributed by atoms with van der Waals surface area (Å²) in [4.78, 5) is 14.0. The molecule has 132 valence electrons. The molecule has 0 aliphatic heterocycles. The number of amides is 2. The Bertz CT molecular complexity index is 564. The molecule has 1 aliphatic carbocycles. The Hall–Kier alpha value is -2.24. The first kappa shape index (κ1) is 18.1. The first-order valence-corrected chi connectivity index (χ1v) is 8.81. The molecule has 1 aromatic carbocycles. The van der Waals surface area contributed by atoms with Crippen LogP contribution in [0.25, 0.3) is 0 Å². The first-order chi connectivity index (χ1) is 11.6. The van der Waals surface area contributed by atoms with E-state index >= 15 is 0 Å². The van der Waals surface area contributed by atoms with Crippen LogP contribution in [0.15, 0.2) is 23.3 Å². The molecule has 1 aromatic rings. The van der Waals surface area contributed by atoms with Gasteiger partial charge in [0.25, 0.3) is 0 Å². The number of urea groups is 1. The number of phenolic OH excluding ortho intramolecular Hbond substituents is 1. The van der Waals surface area contributed by atoms with Crippen LogP contribution in [-0.2, 0) is 0 Å². The SMILES string of the molecule is CCN(CC)c1ccc(/C=N/NC(=O)NC2CCCCC2)c(O)c1. The smallest absolute Gasteiger partial charge is 0.335 e. The van der Waals surface area contributed by atoms with Gasteiger partial charge in [0, 0.05) is 36.4 Å². The van der Waals surface area contributed by atoms with Gasteiger partial charge < -0.3 is 15.3 Å². The zero-order chi connectivity index (χ0) is 17.4. The minimum atomic E-state index is -0.294. The molecule has 6 nitrogen and oxygen atoms in total. The fraction of sp³-hybridized carbons (Fsp3) is 0.556. The molecule has 1 aliphatic rings. The molecule has 0 bridgehead atoms. The van der Waals surface area contributed by atoms with Gasteiger partial charge in [-0.3, -0.25) is 0 Å². The number of benzene rings is 1. The lowest BCUT2D eigenvalue weighted by Crippen LogP contribution is -2.41. The number of nitrogens with one attached hydrogen (secondary N) is 2. The topological polar surface area (TPSA) is 77.0 Å². The third kappa shape index (κ3) is 5.15. The van der Waals surface area contributed by atoms with Crippen LogP contribution in [-0.4, -0.2) is 36.5 Å². The van der Waals surface area contributed by atoms with Crippen LogP contribution in [0.1, 0.15) is 51.5 Å². The molecule has 0 unspecified atom stereocenters. The fourth-order valence-corrected chi connectivity index (χ4v) is 3.05. The molecule has 2 amide bonds. The van der Waals surface area contributed by atoms with Gasteiger partial charge in [-0.1, -0.05) is 19.3 Å². The summed E-state index contributed by atoms with van der Waals surface area (Å²) in [6.45, 7) is 5.91. The monoisotopic (exact) mass is 332 g/mol. The van der Waals surface area contributed by atoms with Crippen molar-refractivity contribution in [2.24, 2.45) is 5.10 Å². The van der Waals surface area contributed by atoms with Gasteiger partial charge in [0.2, 0.25) is 0 Å². The zero-order valence-electron chi connectivity index (χ0n) is 14.6. The Morgan fingerprint density at radius 3 is 2.62 bits per heavy atom. The number of rotatable bonds is 6. The van der Waals surface area contributed by atoms with Gasteiger partial charge in [-0.25, -0.2) is 10.2 Å². The Labute approximate surface area is 143 Å². The number of hydrazone groups is 1. The van der Waals surface area contributed by atoms with Gasteiger partial charge in [-0.15, -0.1) is 0 Å². The molecule has 0 spiro atoms. The van der Waals surface area contributed by atoms with Crippen LogP contribution in [0, 0.1) is 0 Å². The predicted octanol–water partition coefficient (Wildman–Crippen LogP) is 3.20. The average molecular weight is 332 g/mol. The van der Waals surface area contributed by atoms with E-state index in [0.29, 0.717) is 5.56 Å². The lowest BCUT2D eigenvalue weighted by atomic mass is 9.96. The minimum Gasteiger partial charge on any atom is -0.507 e. The number of phenols is 1. The Morgan fingerprint density at radius 1 is 1.29 bits per heavy atom. The van der Waals surface area contributed by atoms with Gasteiger partial charge in [0.15, 0.2) is 0 Å². The Balaban J connectivity index is 1.88. The molecule has 0 saturated heterocycles. The zero-order valence-corrected chi connectivity index (χ0v) is 14.6. The van der Waals surface area contributed by atoms with Crippen LogP contribution in [0.3, 0.4) is 0 Å². The van der Waals surface area contributed by atoms with E-state index in [2.05, 4.69) is 34.6 Å². The van der Waals surface area contributed by atoms with E-state index in [4.69, 9.17) is 0 Å². The minimum absolute atomic E-state index is 0.151. The summed E-state index contributed by atoms with van der Waals surface area (Å²) < 4.78 is 0. The van der Waals surface area contributed by atoms with Crippen molar-refractivity contribution >= 4 is 17.9 Å². The molecule has 2 rings (SSSR count). The quantitative estimate of drug-likeness (QED) is 0.553. The summed E-state index contributed by atoms with van der Waals surface area (Å²) in [5, 5.41) is 17.0. The van der Waals surface area contributed by atoms with Crippen LogP contribution >= 0.6 is 0 Å². The second kappa shape index (κ2) is 9.15. The van der Waals surface area contributed by atoms with Crippen molar-refractivity contribution in [3.8, 4) is 5.75 Å². The van der Waals surface area contributed by atoms with Crippen LogP contribution in [0.2, 0.25) is 0 Å². The molecular weight excluding hydrogens is 304 g/mol. The van der Waals surface area contributed by atoms with E-state index < -0.39 is 0 Å². The maximum Gasteiger partial charge on any atom is 0.335 e. The second-order valence-corrected chi connectivity index (χ2v) is 6.09. The van der Waals surface area contributed by atoms with Crippen molar-refractivity contribution < 1.29 is 9.90 Å². The van der Waals surface area contributed by atoms with Crippen LogP contribution in [0.4, 0.5) is 10.5 Å². The van der Waals surface area contributed by atoms with Crippen molar-refractivity contribution in [1.82, 2.24) is 10.7 Å². The molecule has 1 fully saturated rings. The van der Waals surface area contributed by atoms with Gasteiger partial charge in [-0.2, -0.15) is 5.10 Å². The molecule has 1 saturated carbocycles. The highest BCUT2D eigenvalue weighted by Gasteiger charge is 2.15. The van der Waals surface area contributed by atoms with E-state index in [1.165, 1.54) is 25.5 Å². The van der Waals surface area contributed by atoms with Crippen molar-refractivity contribution in [2.75, 3.05) is 18.0 Å². The summed E-state index contributed by atoms with van der Waals surface area (Å²) in [6.07, 6.45) is 7.11. The van der Waals surface area contributed by atoms with Crippen molar-refractivity contribution in [3.05, 3.63) is 23.8 Å². The number of hydrogen-bond acceptors (Lipinski definition) is 4. The highest BCUT2D eigenvalue weighted by atomic mass is 16.3. The van der Waals surface area contributed by atoms with Crippen molar-refractivity contribution in [1.29, 1.82) is 0 Å². The molecule has 24 heavy (non-hydrogen) atoms. The van der Waals surface area contributed by atoms with Gasteiger partial charge in [0.1, 0.15) is 5.75 Å². The average Bonchev–Trinajstić information content (AvgIpc) is 2.59. The number of nitrogens with zero attached hydrogens (tertiary/aromatic N) is 2.